The van der Waals surface area contributed by atoms with Crippen molar-refractivity contribution < 1.29 is 4.74 Å². The summed E-state index contributed by atoms with van der Waals surface area (Å²) in [4.78, 5) is 0. The van der Waals surface area contributed by atoms with Crippen molar-refractivity contribution in [1.82, 2.24) is 0 Å². The molecule has 2 unspecified atom stereocenters. The fourth-order valence-corrected chi connectivity index (χ4v) is 1.95. The summed E-state index contributed by atoms with van der Waals surface area (Å²) in [5, 5.41) is 0. The van der Waals surface area contributed by atoms with Crippen LogP contribution in [0.3, 0.4) is 0 Å². The molecule has 2 N–H and O–H groups in total. The van der Waals surface area contributed by atoms with Gasteiger partial charge in [-0.2, -0.15) is 0 Å². The fourth-order valence-electron chi connectivity index (χ4n) is 1.55. The van der Waals surface area contributed by atoms with Crippen LogP contribution in [0.4, 0.5) is 0 Å². The predicted molar refractivity (Wildman–Crippen MR) is 76.4 cm³/mol. The highest BCUT2D eigenvalue weighted by Gasteiger charge is 2.08. The Labute approximate surface area is 113 Å². The number of hydrogen-bond donors (Lipinski definition) is 1. The van der Waals surface area contributed by atoms with Crippen molar-refractivity contribution >= 4 is 15.9 Å². The second-order valence-corrected chi connectivity index (χ2v) is 5.67. The molecule has 0 amide bonds. The molecule has 96 valence electrons. The number of ether oxygens (including phenoxy) is 1. The first-order valence-electron chi connectivity index (χ1n) is 6.19. The largest absolute Gasteiger partial charge is 0.493 e. The molecule has 0 aliphatic carbocycles. The minimum absolute atomic E-state index is 0.148. The maximum Gasteiger partial charge on any atom is 0.122 e. The highest BCUT2D eigenvalue weighted by molar-refractivity contribution is 9.10. The molecule has 0 aliphatic rings. The standard InChI is InChI=1S/C14H22BrNO/c1-4-10(2)9-17-14-6-5-13(15)8-12(14)7-11(3)16/h5-6,8,10-11H,4,7,9,16H2,1-3H3. The Bertz CT molecular complexity index is 352. The van der Waals surface area contributed by atoms with Gasteiger partial charge in [-0.25, -0.2) is 0 Å². The van der Waals surface area contributed by atoms with E-state index in [9.17, 15) is 0 Å². The number of hydrogen-bond acceptors (Lipinski definition) is 2. The van der Waals surface area contributed by atoms with Gasteiger partial charge >= 0.3 is 0 Å². The highest BCUT2D eigenvalue weighted by Crippen LogP contribution is 2.25. The van der Waals surface area contributed by atoms with E-state index in [4.69, 9.17) is 10.5 Å². The number of halogens is 1. The SMILES string of the molecule is CCC(C)COc1ccc(Br)cc1CC(C)N. The molecule has 1 aromatic rings. The summed E-state index contributed by atoms with van der Waals surface area (Å²) in [6.07, 6.45) is 1.98. The molecule has 17 heavy (non-hydrogen) atoms. The molecule has 0 saturated carbocycles. The minimum Gasteiger partial charge on any atom is -0.493 e. The second-order valence-electron chi connectivity index (χ2n) is 4.76. The van der Waals surface area contributed by atoms with Gasteiger partial charge in [0.2, 0.25) is 0 Å². The topological polar surface area (TPSA) is 35.2 Å². The van der Waals surface area contributed by atoms with Crippen LogP contribution in [0.2, 0.25) is 0 Å². The van der Waals surface area contributed by atoms with E-state index >= 15 is 0 Å². The molecule has 0 saturated heterocycles. The predicted octanol–water partition coefficient (Wildman–Crippen LogP) is 3.76. The van der Waals surface area contributed by atoms with Crippen molar-refractivity contribution in [3.8, 4) is 5.75 Å². The Hall–Kier alpha value is -0.540. The first kappa shape index (κ1) is 14.5. The van der Waals surface area contributed by atoms with Gasteiger partial charge in [0.1, 0.15) is 5.75 Å². The third kappa shape index (κ3) is 5.09. The summed E-state index contributed by atoms with van der Waals surface area (Å²) in [5.74, 6) is 1.55. The third-order valence-electron chi connectivity index (χ3n) is 2.78. The van der Waals surface area contributed by atoms with Gasteiger partial charge in [0.05, 0.1) is 6.61 Å². The van der Waals surface area contributed by atoms with Crippen LogP contribution in [0.15, 0.2) is 22.7 Å². The molecular formula is C14H22BrNO. The van der Waals surface area contributed by atoms with Crippen LogP contribution in [0.5, 0.6) is 5.75 Å². The number of benzene rings is 1. The van der Waals surface area contributed by atoms with Crippen LogP contribution >= 0.6 is 15.9 Å². The molecule has 2 atom stereocenters. The summed E-state index contributed by atoms with van der Waals surface area (Å²) < 4.78 is 6.94. The Morgan fingerprint density at radius 1 is 1.35 bits per heavy atom. The van der Waals surface area contributed by atoms with Gasteiger partial charge in [0, 0.05) is 10.5 Å². The number of nitrogens with two attached hydrogens (primary N) is 1. The van der Waals surface area contributed by atoms with Crippen molar-refractivity contribution in [2.24, 2.45) is 11.7 Å². The average molecular weight is 300 g/mol. The zero-order chi connectivity index (χ0) is 12.8. The van der Waals surface area contributed by atoms with Gasteiger partial charge in [0.25, 0.3) is 0 Å². The van der Waals surface area contributed by atoms with Gasteiger partial charge in [-0.05, 0) is 43.0 Å². The van der Waals surface area contributed by atoms with Crippen molar-refractivity contribution in [1.29, 1.82) is 0 Å². The van der Waals surface area contributed by atoms with E-state index in [2.05, 4.69) is 35.8 Å². The zero-order valence-corrected chi connectivity index (χ0v) is 12.5. The molecule has 0 radical (unpaired) electrons. The summed E-state index contributed by atoms with van der Waals surface area (Å²) in [6.45, 7) is 7.16. The summed E-state index contributed by atoms with van der Waals surface area (Å²) in [6, 6.07) is 6.27. The summed E-state index contributed by atoms with van der Waals surface area (Å²) >= 11 is 3.48. The Kier molecular flexibility index (Phi) is 6.00. The van der Waals surface area contributed by atoms with E-state index in [1.165, 1.54) is 5.56 Å². The van der Waals surface area contributed by atoms with E-state index < -0.39 is 0 Å². The normalized spacial score (nSPS) is 14.4. The lowest BCUT2D eigenvalue weighted by Crippen LogP contribution is -2.18. The molecule has 0 aliphatic heterocycles. The highest BCUT2D eigenvalue weighted by atomic mass is 79.9. The van der Waals surface area contributed by atoms with Crippen molar-refractivity contribution in [2.75, 3.05) is 6.61 Å². The maximum absolute atomic E-state index is 5.87. The molecule has 2 nitrogen and oxygen atoms in total. The third-order valence-corrected chi connectivity index (χ3v) is 3.28. The molecule has 1 rings (SSSR count). The maximum atomic E-state index is 5.87. The van der Waals surface area contributed by atoms with E-state index in [1.807, 2.05) is 19.1 Å². The van der Waals surface area contributed by atoms with Crippen LogP contribution in [0.25, 0.3) is 0 Å². The smallest absolute Gasteiger partial charge is 0.122 e. The van der Waals surface area contributed by atoms with Crippen LogP contribution in [-0.4, -0.2) is 12.6 Å². The molecule has 0 spiro atoms. The molecule has 0 fully saturated rings. The lowest BCUT2D eigenvalue weighted by atomic mass is 10.1. The lowest BCUT2D eigenvalue weighted by Gasteiger charge is -2.16. The average Bonchev–Trinajstić information content (AvgIpc) is 2.26. The van der Waals surface area contributed by atoms with E-state index in [1.54, 1.807) is 0 Å². The lowest BCUT2D eigenvalue weighted by molar-refractivity contribution is 0.254. The van der Waals surface area contributed by atoms with Gasteiger partial charge in [-0.1, -0.05) is 36.2 Å². The molecule has 0 bridgehead atoms. The van der Waals surface area contributed by atoms with Gasteiger partial charge in [-0.3, -0.25) is 0 Å². The van der Waals surface area contributed by atoms with Gasteiger partial charge in [0.15, 0.2) is 0 Å². The van der Waals surface area contributed by atoms with Gasteiger partial charge < -0.3 is 10.5 Å². The van der Waals surface area contributed by atoms with E-state index in [-0.39, 0.29) is 6.04 Å². The molecular weight excluding hydrogens is 278 g/mol. The Balaban J connectivity index is 2.75. The molecule has 0 aromatic heterocycles. The van der Waals surface area contributed by atoms with E-state index in [0.717, 1.165) is 29.7 Å². The Morgan fingerprint density at radius 3 is 2.65 bits per heavy atom. The number of rotatable bonds is 6. The summed E-state index contributed by atoms with van der Waals surface area (Å²) in [7, 11) is 0. The molecule has 0 heterocycles. The van der Waals surface area contributed by atoms with E-state index in [0.29, 0.717) is 5.92 Å². The Morgan fingerprint density at radius 2 is 2.06 bits per heavy atom. The summed E-state index contributed by atoms with van der Waals surface area (Å²) in [5.41, 5.74) is 7.03. The first-order chi connectivity index (χ1) is 8.02. The fraction of sp³-hybridized carbons (Fsp3) is 0.571. The minimum atomic E-state index is 0.148. The van der Waals surface area contributed by atoms with Gasteiger partial charge in [-0.15, -0.1) is 0 Å². The second kappa shape index (κ2) is 7.02. The van der Waals surface area contributed by atoms with Crippen LogP contribution in [0.1, 0.15) is 32.8 Å². The monoisotopic (exact) mass is 299 g/mol. The van der Waals surface area contributed by atoms with Crippen molar-refractivity contribution in [2.45, 2.75) is 39.7 Å². The first-order valence-corrected chi connectivity index (χ1v) is 6.99. The van der Waals surface area contributed by atoms with Crippen molar-refractivity contribution in [3.63, 3.8) is 0 Å². The quantitative estimate of drug-likeness (QED) is 0.868. The van der Waals surface area contributed by atoms with Crippen LogP contribution < -0.4 is 10.5 Å². The molecule has 3 heteroatoms. The van der Waals surface area contributed by atoms with Crippen molar-refractivity contribution in [3.05, 3.63) is 28.2 Å². The molecule has 1 aromatic carbocycles. The van der Waals surface area contributed by atoms with Crippen LogP contribution in [-0.2, 0) is 6.42 Å². The van der Waals surface area contributed by atoms with Crippen LogP contribution in [0, 0.1) is 5.92 Å². The zero-order valence-electron chi connectivity index (χ0n) is 10.9.